The minimum atomic E-state index is 0.686. The van der Waals surface area contributed by atoms with Crippen LogP contribution in [0.1, 0.15) is 0 Å². The number of aromatic nitrogens is 3. The molecule has 0 atom stereocenters. The molecule has 0 radical (unpaired) electrons. The fourth-order valence-corrected chi connectivity index (χ4v) is 7.32. The van der Waals surface area contributed by atoms with E-state index < -0.39 is 0 Å². The van der Waals surface area contributed by atoms with Crippen molar-refractivity contribution in [3.63, 3.8) is 0 Å². The highest BCUT2D eigenvalue weighted by Gasteiger charge is 2.27. The van der Waals surface area contributed by atoms with Crippen LogP contribution in [0.3, 0.4) is 0 Å². The van der Waals surface area contributed by atoms with Crippen molar-refractivity contribution in [2.24, 2.45) is 0 Å². The molecule has 10 rings (SSSR count). The fraction of sp³-hybridized carbons (Fsp3) is 0. The van der Waals surface area contributed by atoms with Gasteiger partial charge >= 0.3 is 0 Å². The van der Waals surface area contributed by atoms with E-state index in [9.17, 15) is 0 Å². The summed E-state index contributed by atoms with van der Waals surface area (Å²) >= 11 is 0. The average molecular weight is 546 g/mol. The van der Waals surface area contributed by atoms with E-state index in [4.69, 9.17) is 9.97 Å². The molecule has 0 aliphatic heterocycles. The van der Waals surface area contributed by atoms with Gasteiger partial charge in [0.25, 0.3) is 0 Å². The standard InChI is InChI=1S/C40H23N3/c1-2-11-25(12-3-1)38-31-18-8-9-20-33(31)41-40(42-38)43-34-22-21-24-14-10-19-30-28-16-6-7-17-29(28)32-23-26-13-4-5-15-27(26)39(43)36(32)37(34)35(24)30/h1-23H. The summed E-state index contributed by atoms with van der Waals surface area (Å²) in [7, 11) is 0. The molecule has 2 aromatic heterocycles. The predicted molar refractivity (Wildman–Crippen MR) is 179 cm³/mol. The lowest BCUT2D eigenvalue weighted by Gasteiger charge is -2.15. The Morgan fingerprint density at radius 2 is 1.14 bits per heavy atom. The van der Waals surface area contributed by atoms with Crippen LogP contribution in [0, 0.1) is 0 Å². The van der Waals surface area contributed by atoms with Crippen LogP contribution in [0.25, 0.3) is 93.7 Å². The van der Waals surface area contributed by atoms with Gasteiger partial charge in [-0.3, -0.25) is 4.57 Å². The molecule has 0 bridgehead atoms. The van der Waals surface area contributed by atoms with Crippen molar-refractivity contribution in [2.45, 2.75) is 0 Å². The van der Waals surface area contributed by atoms with E-state index in [1.165, 1.54) is 54.6 Å². The molecule has 0 N–H and O–H groups in total. The Balaban J connectivity index is 1.48. The molecule has 0 saturated carbocycles. The number of para-hydroxylation sites is 1. The molecule has 9 aromatic rings. The number of rotatable bonds is 2. The Hall–Kier alpha value is -5.80. The molecule has 0 fully saturated rings. The lowest BCUT2D eigenvalue weighted by molar-refractivity contribution is 1.02. The van der Waals surface area contributed by atoms with Crippen LogP contribution < -0.4 is 0 Å². The summed E-state index contributed by atoms with van der Waals surface area (Å²) in [5, 5.41) is 8.49. The molecular weight excluding hydrogens is 522 g/mol. The Bertz CT molecular complexity index is 2610. The quantitative estimate of drug-likeness (QED) is 0.216. The minimum absolute atomic E-state index is 0.686. The highest BCUT2D eigenvalue weighted by molar-refractivity contribution is 6.34. The molecule has 0 spiro atoms. The molecule has 43 heavy (non-hydrogen) atoms. The molecule has 0 amide bonds. The first-order chi connectivity index (χ1) is 21.3. The molecule has 1 aliphatic carbocycles. The number of fused-ring (bicyclic) bond motifs is 6. The molecule has 0 saturated heterocycles. The van der Waals surface area contributed by atoms with Crippen molar-refractivity contribution in [2.75, 3.05) is 0 Å². The Morgan fingerprint density at radius 3 is 2.02 bits per heavy atom. The van der Waals surface area contributed by atoms with Gasteiger partial charge in [0.05, 0.1) is 22.2 Å². The first-order valence-electron chi connectivity index (χ1n) is 14.7. The lowest BCUT2D eigenvalue weighted by atomic mass is 9.92. The first kappa shape index (κ1) is 22.8. The molecule has 3 nitrogen and oxygen atoms in total. The zero-order valence-electron chi connectivity index (χ0n) is 23.1. The van der Waals surface area contributed by atoms with Crippen molar-refractivity contribution in [3.8, 4) is 39.5 Å². The van der Waals surface area contributed by atoms with E-state index in [0.717, 1.165) is 33.2 Å². The summed E-state index contributed by atoms with van der Waals surface area (Å²) in [4.78, 5) is 10.6. The van der Waals surface area contributed by atoms with Crippen molar-refractivity contribution >= 4 is 54.3 Å². The molecule has 3 heteroatoms. The summed E-state index contributed by atoms with van der Waals surface area (Å²) in [6.45, 7) is 0. The van der Waals surface area contributed by atoms with Crippen LogP contribution in [0.5, 0.6) is 0 Å². The monoisotopic (exact) mass is 545 g/mol. The van der Waals surface area contributed by atoms with Crippen LogP contribution in [-0.4, -0.2) is 14.5 Å². The first-order valence-corrected chi connectivity index (χ1v) is 14.7. The van der Waals surface area contributed by atoms with E-state index >= 15 is 0 Å². The maximum atomic E-state index is 5.37. The Labute approximate surface area is 247 Å². The third kappa shape index (κ3) is 3.03. The molecule has 198 valence electrons. The van der Waals surface area contributed by atoms with Gasteiger partial charge < -0.3 is 0 Å². The van der Waals surface area contributed by atoms with Crippen molar-refractivity contribution in [1.29, 1.82) is 0 Å². The average Bonchev–Trinajstić information content (AvgIpc) is 3.37. The van der Waals surface area contributed by atoms with Crippen LogP contribution in [0.2, 0.25) is 0 Å². The van der Waals surface area contributed by atoms with E-state index in [2.05, 4.69) is 138 Å². The second-order valence-electron chi connectivity index (χ2n) is 11.4. The largest absolute Gasteiger partial charge is 0.277 e. The minimum Gasteiger partial charge on any atom is -0.277 e. The SMILES string of the molecule is c1ccc(-c2nc(-n3c4ccc5cccc6c5c4c4c(cc5ccccc5c43)-c3ccccc3-6)nc3ccccc23)cc1. The molecule has 0 unspecified atom stereocenters. The van der Waals surface area contributed by atoms with Crippen molar-refractivity contribution < 1.29 is 0 Å². The predicted octanol–water partition coefficient (Wildman–Crippen LogP) is 10.3. The second-order valence-corrected chi connectivity index (χ2v) is 11.4. The smallest absolute Gasteiger partial charge is 0.235 e. The maximum absolute atomic E-state index is 5.37. The van der Waals surface area contributed by atoms with Gasteiger partial charge in [0.2, 0.25) is 5.95 Å². The van der Waals surface area contributed by atoms with Gasteiger partial charge in [-0.05, 0) is 56.6 Å². The molecule has 1 aliphatic rings. The van der Waals surface area contributed by atoms with Gasteiger partial charge in [-0.15, -0.1) is 0 Å². The second kappa shape index (κ2) is 8.37. The van der Waals surface area contributed by atoms with Crippen molar-refractivity contribution in [3.05, 3.63) is 140 Å². The lowest BCUT2D eigenvalue weighted by Crippen LogP contribution is -2.04. The zero-order valence-corrected chi connectivity index (χ0v) is 23.1. The maximum Gasteiger partial charge on any atom is 0.235 e. The van der Waals surface area contributed by atoms with Crippen LogP contribution in [0.15, 0.2) is 140 Å². The van der Waals surface area contributed by atoms with Gasteiger partial charge in [0.15, 0.2) is 0 Å². The zero-order chi connectivity index (χ0) is 28.1. The van der Waals surface area contributed by atoms with Gasteiger partial charge in [-0.2, -0.15) is 0 Å². The highest BCUT2D eigenvalue weighted by atomic mass is 15.2. The van der Waals surface area contributed by atoms with Gasteiger partial charge in [-0.1, -0.05) is 121 Å². The summed E-state index contributed by atoms with van der Waals surface area (Å²) in [6, 6.07) is 49.9. The normalized spacial score (nSPS) is 12.2. The third-order valence-electron chi connectivity index (χ3n) is 9.11. The van der Waals surface area contributed by atoms with E-state index in [1.807, 2.05) is 6.07 Å². The van der Waals surface area contributed by atoms with E-state index in [0.29, 0.717) is 5.95 Å². The van der Waals surface area contributed by atoms with Gasteiger partial charge in [0.1, 0.15) is 0 Å². The van der Waals surface area contributed by atoms with Crippen LogP contribution >= 0.6 is 0 Å². The van der Waals surface area contributed by atoms with Crippen LogP contribution in [0.4, 0.5) is 0 Å². The Morgan fingerprint density at radius 1 is 0.442 bits per heavy atom. The summed E-state index contributed by atoms with van der Waals surface area (Å²) in [5.41, 5.74) is 10.3. The van der Waals surface area contributed by atoms with E-state index in [-0.39, 0.29) is 0 Å². The van der Waals surface area contributed by atoms with E-state index in [1.54, 1.807) is 0 Å². The van der Waals surface area contributed by atoms with Gasteiger partial charge in [-0.25, -0.2) is 9.97 Å². The Kier molecular flexibility index (Phi) is 4.45. The number of benzene rings is 7. The third-order valence-corrected chi connectivity index (χ3v) is 9.11. The number of hydrogen-bond donors (Lipinski definition) is 0. The fourth-order valence-electron chi connectivity index (χ4n) is 7.32. The highest BCUT2D eigenvalue weighted by Crippen LogP contribution is 2.51. The molecular formula is C40H23N3. The number of nitrogens with zero attached hydrogens (tertiary/aromatic N) is 3. The van der Waals surface area contributed by atoms with Crippen LogP contribution in [-0.2, 0) is 0 Å². The number of hydrogen-bond acceptors (Lipinski definition) is 2. The topological polar surface area (TPSA) is 30.7 Å². The summed E-state index contributed by atoms with van der Waals surface area (Å²) < 4.78 is 2.32. The molecule has 7 aromatic carbocycles. The summed E-state index contributed by atoms with van der Waals surface area (Å²) in [6.07, 6.45) is 0. The summed E-state index contributed by atoms with van der Waals surface area (Å²) in [5.74, 6) is 0.686. The van der Waals surface area contributed by atoms with Crippen molar-refractivity contribution in [1.82, 2.24) is 14.5 Å². The van der Waals surface area contributed by atoms with Gasteiger partial charge in [0, 0.05) is 27.1 Å². The molecule has 2 heterocycles.